The summed E-state index contributed by atoms with van der Waals surface area (Å²) in [6, 6.07) is 17.8. The van der Waals surface area contributed by atoms with Gasteiger partial charge in [-0.3, -0.25) is 9.59 Å². The Hall–Kier alpha value is -3.41. The van der Waals surface area contributed by atoms with E-state index in [1.54, 1.807) is 4.68 Å². The molecule has 0 aliphatic heterocycles. The summed E-state index contributed by atoms with van der Waals surface area (Å²) >= 11 is 0. The van der Waals surface area contributed by atoms with Crippen LogP contribution in [0.4, 0.5) is 5.82 Å². The van der Waals surface area contributed by atoms with Gasteiger partial charge in [0, 0.05) is 18.1 Å². The Morgan fingerprint density at radius 2 is 1.74 bits per heavy atom. The largest absolute Gasteiger partial charge is 0.347 e. The highest BCUT2D eigenvalue weighted by Gasteiger charge is 2.15. The number of hydrogen-bond acceptors (Lipinski definition) is 3. The lowest BCUT2D eigenvalue weighted by molar-refractivity contribution is -0.124. The molecule has 162 valence electrons. The Balaban J connectivity index is 1.80. The lowest BCUT2D eigenvalue weighted by Gasteiger charge is -2.12. The first-order valence-corrected chi connectivity index (χ1v) is 10.8. The predicted molar refractivity (Wildman–Crippen MR) is 124 cm³/mol. The van der Waals surface area contributed by atoms with Crippen molar-refractivity contribution in [2.75, 3.05) is 11.9 Å². The van der Waals surface area contributed by atoms with Crippen molar-refractivity contribution in [2.45, 2.75) is 46.5 Å². The third-order valence-corrected chi connectivity index (χ3v) is 5.08. The van der Waals surface area contributed by atoms with Gasteiger partial charge < -0.3 is 10.6 Å². The van der Waals surface area contributed by atoms with Gasteiger partial charge in [-0.1, -0.05) is 67.8 Å². The van der Waals surface area contributed by atoms with Gasteiger partial charge in [0.2, 0.25) is 11.8 Å². The van der Waals surface area contributed by atoms with E-state index in [-0.39, 0.29) is 18.4 Å². The smallest absolute Gasteiger partial charge is 0.244 e. The number of aromatic nitrogens is 2. The van der Waals surface area contributed by atoms with Gasteiger partial charge in [0.05, 0.1) is 17.9 Å². The molecule has 0 aliphatic carbocycles. The minimum absolute atomic E-state index is 0.0658. The zero-order chi connectivity index (χ0) is 22.2. The third kappa shape index (κ3) is 6.04. The van der Waals surface area contributed by atoms with Gasteiger partial charge in [-0.2, -0.15) is 5.10 Å². The first-order valence-electron chi connectivity index (χ1n) is 10.8. The molecule has 0 saturated heterocycles. The van der Waals surface area contributed by atoms with E-state index in [0.29, 0.717) is 12.2 Å². The normalized spacial score (nSPS) is 10.7. The fourth-order valence-electron chi connectivity index (χ4n) is 3.44. The minimum Gasteiger partial charge on any atom is -0.347 e. The van der Waals surface area contributed by atoms with Crippen molar-refractivity contribution in [1.82, 2.24) is 15.1 Å². The maximum Gasteiger partial charge on any atom is 0.244 e. The number of carbonyl (C=O) groups excluding carboxylic acids is 2. The molecule has 0 atom stereocenters. The van der Waals surface area contributed by atoms with E-state index in [1.807, 2.05) is 62.4 Å². The highest BCUT2D eigenvalue weighted by molar-refractivity contribution is 5.94. The fraction of sp³-hybridized carbons (Fsp3) is 0.320. The molecule has 2 N–H and O–H groups in total. The molecule has 0 saturated carbocycles. The number of unbranched alkanes of at least 4 members (excludes halogenated alkanes) is 2. The number of anilines is 1. The average molecular weight is 419 g/mol. The number of rotatable bonds is 9. The molecular weight excluding hydrogens is 388 g/mol. The summed E-state index contributed by atoms with van der Waals surface area (Å²) in [5.74, 6) is 0.182. The van der Waals surface area contributed by atoms with Gasteiger partial charge in [0.25, 0.3) is 0 Å². The molecule has 0 radical (unpaired) electrons. The summed E-state index contributed by atoms with van der Waals surface area (Å²) in [6.45, 7) is 6.09. The Bertz CT molecular complexity index is 1040. The number of aryl methyl sites for hydroxylation is 2. The molecule has 2 aromatic carbocycles. The van der Waals surface area contributed by atoms with Gasteiger partial charge >= 0.3 is 0 Å². The van der Waals surface area contributed by atoms with E-state index in [2.05, 4.69) is 23.6 Å². The number of carbonyl (C=O) groups is 2. The molecular formula is C25H30N4O2. The maximum atomic E-state index is 12.5. The van der Waals surface area contributed by atoms with Gasteiger partial charge in [-0.15, -0.1) is 0 Å². The van der Waals surface area contributed by atoms with Crippen LogP contribution in [0.3, 0.4) is 0 Å². The molecule has 0 spiro atoms. The van der Waals surface area contributed by atoms with E-state index in [1.165, 1.54) is 0 Å². The monoisotopic (exact) mass is 418 g/mol. The zero-order valence-electron chi connectivity index (χ0n) is 18.4. The second-order valence-electron chi connectivity index (χ2n) is 7.76. The quantitative estimate of drug-likeness (QED) is 0.491. The maximum absolute atomic E-state index is 12.5. The lowest BCUT2D eigenvalue weighted by atomic mass is 10.1. The Labute approximate surface area is 183 Å². The average Bonchev–Trinajstić information content (AvgIpc) is 3.16. The van der Waals surface area contributed by atoms with Crippen molar-refractivity contribution in [1.29, 1.82) is 0 Å². The van der Waals surface area contributed by atoms with Crippen LogP contribution in [0.1, 0.15) is 43.7 Å². The van der Waals surface area contributed by atoms with Crippen molar-refractivity contribution in [3.8, 4) is 16.9 Å². The first kappa shape index (κ1) is 22.3. The Morgan fingerprint density at radius 3 is 2.45 bits per heavy atom. The standard InChI is InChI=1S/C25H30N4O2/c1-4-5-7-12-24(30)26-17-25(31)27-23-16-21(20-10-8-6-9-11-20)28-29(23)22-14-13-18(2)15-19(22)3/h6,8-11,13-16H,4-5,7,12,17H2,1-3H3,(H,26,30)(H,27,31). The summed E-state index contributed by atoms with van der Waals surface area (Å²) < 4.78 is 1.75. The van der Waals surface area contributed by atoms with Crippen molar-refractivity contribution in [2.24, 2.45) is 0 Å². The molecule has 3 rings (SSSR count). The van der Waals surface area contributed by atoms with Gasteiger partial charge in [-0.25, -0.2) is 4.68 Å². The summed E-state index contributed by atoms with van der Waals surface area (Å²) in [5, 5.41) is 10.4. The van der Waals surface area contributed by atoms with E-state index in [0.717, 1.165) is 47.3 Å². The zero-order valence-corrected chi connectivity index (χ0v) is 18.4. The SMILES string of the molecule is CCCCCC(=O)NCC(=O)Nc1cc(-c2ccccc2)nn1-c1ccc(C)cc1C. The number of hydrogen-bond donors (Lipinski definition) is 2. The summed E-state index contributed by atoms with van der Waals surface area (Å²) in [6.07, 6.45) is 3.35. The van der Waals surface area contributed by atoms with Crippen LogP contribution < -0.4 is 10.6 Å². The van der Waals surface area contributed by atoms with Gasteiger partial charge in [0.15, 0.2) is 0 Å². The lowest BCUT2D eigenvalue weighted by Crippen LogP contribution is -2.33. The molecule has 6 heteroatoms. The topological polar surface area (TPSA) is 76.0 Å². The van der Waals surface area contributed by atoms with Crippen molar-refractivity contribution in [3.05, 3.63) is 65.7 Å². The second kappa shape index (κ2) is 10.6. The summed E-state index contributed by atoms with van der Waals surface area (Å²) in [7, 11) is 0. The predicted octanol–water partition coefficient (Wildman–Crippen LogP) is 4.79. The molecule has 6 nitrogen and oxygen atoms in total. The number of benzene rings is 2. The number of amides is 2. The highest BCUT2D eigenvalue weighted by atomic mass is 16.2. The van der Waals surface area contributed by atoms with E-state index in [9.17, 15) is 9.59 Å². The fourth-order valence-corrected chi connectivity index (χ4v) is 3.44. The molecule has 0 aliphatic rings. The van der Waals surface area contributed by atoms with Crippen LogP contribution in [0, 0.1) is 13.8 Å². The third-order valence-electron chi connectivity index (χ3n) is 5.08. The van der Waals surface area contributed by atoms with Crippen LogP contribution in [0.25, 0.3) is 16.9 Å². The van der Waals surface area contributed by atoms with E-state index in [4.69, 9.17) is 5.10 Å². The van der Waals surface area contributed by atoms with Crippen molar-refractivity contribution < 1.29 is 9.59 Å². The van der Waals surface area contributed by atoms with E-state index >= 15 is 0 Å². The van der Waals surface area contributed by atoms with Crippen LogP contribution >= 0.6 is 0 Å². The molecule has 1 aromatic heterocycles. The molecule has 1 heterocycles. The molecule has 0 fully saturated rings. The summed E-state index contributed by atoms with van der Waals surface area (Å²) in [4.78, 5) is 24.5. The van der Waals surface area contributed by atoms with Gasteiger partial charge in [0.1, 0.15) is 5.82 Å². The van der Waals surface area contributed by atoms with E-state index < -0.39 is 0 Å². The van der Waals surface area contributed by atoms with Crippen molar-refractivity contribution in [3.63, 3.8) is 0 Å². The Kier molecular flexibility index (Phi) is 7.60. The van der Waals surface area contributed by atoms with Crippen LogP contribution in [-0.4, -0.2) is 28.1 Å². The van der Waals surface area contributed by atoms with Gasteiger partial charge in [-0.05, 0) is 31.9 Å². The number of nitrogens with zero attached hydrogens (tertiary/aromatic N) is 2. The minimum atomic E-state index is -0.283. The molecule has 31 heavy (non-hydrogen) atoms. The van der Waals surface area contributed by atoms with Crippen LogP contribution in [-0.2, 0) is 9.59 Å². The Morgan fingerprint density at radius 1 is 0.968 bits per heavy atom. The highest BCUT2D eigenvalue weighted by Crippen LogP contribution is 2.26. The first-order chi connectivity index (χ1) is 15.0. The summed E-state index contributed by atoms with van der Waals surface area (Å²) in [5.41, 5.74) is 4.84. The molecule has 3 aromatic rings. The van der Waals surface area contributed by atoms with Crippen LogP contribution in [0.5, 0.6) is 0 Å². The molecule has 0 bridgehead atoms. The molecule has 0 unspecified atom stereocenters. The number of nitrogens with one attached hydrogen (secondary N) is 2. The van der Waals surface area contributed by atoms with Crippen LogP contribution in [0.2, 0.25) is 0 Å². The van der Waals surface area contributed by atoms with Crippen molar-refractivity contribution >= 4 is 17.6 Å². The van der Waals surface area contributed by atoms with Crippen LogP contribution in [0.15, 0.2) is 54.6 Å². The molecule has 2 amide bonds. The second-order valence-corrected chi connectivity index (χ2v) is 7.76.